The van der Waals surface area contributed by atoms with Gasteiger partial charge in [-0.15, -0.1) is 5.92 Å². The number of benzene rings is 6. The molecule has 0 aliphatic heterocycles. The second kappa shape index (κ2) is 13.1. The number of nitrogens with one attached hydrogen (secondary N) is 2. The highest BCUT2D eigenvalue weighted by Crippen LogP contribution is 2.63. The van der Waals surface area contributed by atoms with Crippen LogP contribution in [-0.2, 0) is 11.8 Å². The third-order valence-corrected chi connectivity index (χ3v) is 11.7. The number of carbonyl (C=O) groups is 3. The van der Waals surface area contributed by atoms with E-state index in [0.29, 0.717) is 29.5 Å². The summed E-state index contributed by atoms with van der Waals surface area (Å²) in [6, 6.07) is 40.2. The van der Waals surface area contributed by atoms with Gasteiger partial charge in [-0.2, -0.15) is 0 Å². The molecule has 0 aromatic heterocycles. The highest BCUT2D eigenvalue weighted by atomic mass is 16.2. The van der Waals surface area contributed by atoms with Crippen LogP contribution in [0.2, 0.25) is 0 Å². The first-order valence-electron chi connectivity index (χ1n) is 19.0. The van der Waals surface area contributed by atoms with Gasteiger partial charge < -0.3 is 10.6 Å². The van der Waals surface area contributed by atoms with Crippen LogP contribution in [0, 0.1) is 37.5 Å². The van der Waals surface area contributed by atoms with Crippen LogP contribution in [0.1, 0.15) is 90.3 Å². The van der Waals surface area contributed by atoms with E-state index in [1.165, 1.54) is 0 Å². The molecule has 55 heavy (non-hydrogen) atoms. The molecule has 3 aliphatic carbocycles. The Bertz CT molecular complexity index is 2620. The van der Waals surface area contributed by atoms with Crippen molar-refractivity contribution in [3.05, 3.63) is 177 Å². The summed E-state index contributed by atoms with van der Waals surface area (Å²) in [6.45, 7) is 7.91. The molecule has 0 radical (unpaired) electrons. The number of hydrogen-bond donors (Lipinski definition) is 2. The number of hydrogen-bond acceptors (Lipinski definition) is 3. The number of fused-ring (bicyclic) bond motifs is 6. The first-order chi connectivity index (χ1) is 26.7. The Morgan fingerprint density at radius 2 is 1.16 bits per heavy atom. The average molecular weight is 717 g/mol. The fourth-order valence-electron chi connectivity index (χ4n) is 9.29. The molecule has 5 heteroatoms. The monoisotopic (exact) mass is 716 g/mol. The van der Waals surface area contributed by atoms with E-state index >= 15 is 0 Å². The smallest absolute Gasteiger partial charge is 0.255 e. The minimum Gasteiger partial charge on any atom is -0.322 e. The van der Waals surface area contributed by atoms with Gasteiger partial charge in [-0.1, -0.05) is 79.6 Å². The Balaban J connectivity index is 1.30. The molecule has 3 aliphatic rings. The van der Waals surface area contributed by atoms with Crippen LogP contribution >= 0.6 is 0 Å². The Labute approximate surface area is 321 Å². The van der Waals surface area contributed by atoms with E-state index in [9.17, 15) is 14.4 Å². The van der Waals surface area contributed by atoms with Gasteiger partial charge in [-0.25, -0.2) is 0 Å². The predicted octanol–water partition coefficient (Wildman–Crippen LogP) is 10.6. The molecule has 0 saturated heterocycles. The van der Waals surface area contributed by atoms with Crippen LogP contribution in [0.25, 0.3) is 22.3 Å². The van der Waals surface area contributed by atoms with Crippen molar-refractivity contribution in [2.45, 2.75) is 46.0 Å². The largest absolute Gasteiger partial charge is 0.322 e. The minimum atomic E-state index is -0.904. The van der Waals surface area contributed by atoms with E-state index in [2.05, 4.69) is 65.8 Å². The van der Waals surface area contributed by atoms with E-state index in [4.69, 9.17) is 0 Å². The van der Waals surface area contributed by atoms with Gasteiger partial charge in [-0.05, 0) is 149 Å². The van der Waals surface area contributed by atoms with Gasteiger partial charge in [0.05, 0.1) is 5.41 Å². The molecule has 3 atom stereocenters. The molecule has 6 aromatic carbocycles. The standard InChI is InChI=1S/C50H40N2O3/c1-5-9-32-24-31-14-18-39-41-20-16-34(48(54)51-36-12-7-10-29(3)22-36)27-45(41)50(43(39)25-31)44-26-33(47(53)38(32)6-2)15-19-40(44)42-21-17-35(28-46(42)50)49(55)52-37-13-8-11-30(4)23-37/h7-8,10-23,25-28,32,38H,6,24H2,1-4H3,(H,51,54)(H,52,55). The number of carbonyl (C=O) groups excluding carboxylic acids is 3. The Morgan fingerprint density at radius 3 is 1.69 bits per heavy atom. The van der Waals surface area contributed by atoms with Crippen molar-refractivity contribution in [2.75, 3.05) is 10.6 Å². The fourth-order valence-corrected chi connectivity index (χ4v) is 9.29. The molecule has 6 aromatic rings. The normalized spacial score (nSPS) is 18.3. The summed E-state index contributed by atoms with van der Waals surface area (Å²) in [5.74, 6) is 5.77. The van der Waals surface area contributed by atoms with Crippen LogP contribution in [-0.4, -0.2) is 17.6 Å². The van der Waals surface area contributed by atoms with Gasteiger partial charge in [0, 0.05) is 39.9 Å². The third-order valence-electron chi connectivity index (χ3n) is 11.7. The average Bonchev–Trinajstić information content (AvgIpc) is 3.63. The summed E-state index contributed by atoms with van der Waals surface area (Å²) in [6.07, 6.45) is 1.30. The van der Waals surface area contributed by atoms with Gasteiger partial charge in [0.1, 0.15) is 0 Å². The van der Waals surface area contributed by atoms with Crippen LogP contribution in [0.5, 0.6) is 0 Å². The van der Waals surface area contributed by atoms with Gasteiger partial charge in [-0.3, -0.25) is 14.4 Å². The van der Waals surface area contributed by atoms with E-state index < -0.39 is 5.41 Å². The molecule has 4 bridgehead atoms. The lowest BCUT2D eigenvalue weighted by molar-refractivity contribution is 0.0887. The molecule has 2 amide bonds. The number of ketones is 1. The van der Waals surface area contributed by atoms with E-state index in [-0.39, 0.29) is 29.4 Å². The highest BCUT2D eigenvalue weighted by molar-refractivity contribution is 6.08. The molecule has 1 spiro atoms. The first-order valence-corrected chi connectivity index (χ1v) is 19.0. The zero-order chi connectivity index (χ0) is 38.0. The van der Waals surface area contributed by atoms with E-state index in [0.717, 1.165) is 72.6 Å². The maximum atomic E-state index is 14.6. The van der Waals surface area contributed by atoms with E-state index in [1.807, 2.05) is 106 Å². The van der Waals surface area contributed by atoms with E-state index in [1.54, 1.807) is 0 Å². The maximum Gasteiger partial charge on any atom is 0.255 e. The zero-order valence-electron chi connectivity index (χ0n) is 31.3. The quantitative estimate of drug-likeness (QED) is 0.174. The van der Waals surface area contributed by atoms with Gasteiger partial charge in [0.15, 0.2) is 5.78 Å². The van der Waals surface area contributed by atoms with Gasteiger partial charge in [0.25, 0.3) is 11.8 Å². The molecule has 3 unspecified atom stereocenters. The van der Waals surface area contributed by atoms with Crippen molar-refractivity contribution in [3.8, 4) is 34.1 Å². The topological polar surface area (TPSA) is 75.3 Å². The predicted molar refractivity (Wildman–Crippen MR) is 220 cm³/mol. The summed E-state index contributed by atoms with van der Waals surface area (Å²) < 4.78 is 0. The number of amides is 2. The SMILES string of the molecule is CC#CC1Cc2ccc3c(c2)C2(c4cc(C(=O)Nc5cccc(C)c5)ccc4-3)c3cc(C(=O)Nc4cccc(C)c4)ccc3-c3ccc(cc32)C(=O)C1CC. The van der Waals surface area contributed by atoms with Crippen LogP contribution in [0.3, 0.4) is 0 Å². The molecule has 5 nitrogen and oxygen atoms in total. The van der Waals surface area contributed by atoms with Crippen molar-refractivity contribution in [2.24, 2.45) is 11.8 Å². The molecule has 9 rings (SSSR count). The zero-order valence-corrected chi connectivity index (χ0v) is 31.3. The van der Waals surface area contributed by atoms with Crippen molar-refractivity contribution >= 4 is 29.0 Å². The summed E-state index contributed by atoms with van der Waals surface area (Å²) in [5, 5.41) is 6.22. The third kappa shape index (κ3) is 5.43. The molecular weight excluding hydrogens is 677 g/mol. The van der Waals surface area contributed by atoms with Gasteiger partial charge >= 0.3 is 0 Å². The van der Waals surface area contributed by atoms with Gasteiger partial charge in [0.2, 0.25) is 0 Å². The number of anilines is 2. The second-order valence-electron chi connectivity index (χ2n) is 15.1. The summed E-state index contributed by atoms with van der Waals surface area (Å²) >= 11 is 0. The first kappa shape index (κ1) is 34.3. The summed E-state index contributed by atoms with van der Waals surface area (Å²) in [5.41, 5.74) is 13.5. The Hall–Kier alpha value is -6.51. The molecule has 0 heterocycles. The lowest BCUT2D eigenvalue weighted by Gasteiger charge is -2.31. The van der Waals surface area contributed by atoms with Crippen molar-refractivity contribution in [3.63, 3.8) is 0 Å². The van der Waals surface area contributed by atoms with Crippen LogP contribution < -0.4 is 10.6 Å². The number of Topliss-reactive ketones (excluding diaryl/α,β-unsaturated/α-hetero) is 1. The minimum absolute atomic E-state index is 0.0853. The maximum absolute atomic E-state index is 14.6. The molecule has 0 fully saturated rings. The van der Waals surface area contributed by atoms with Crippen molar-refractivity contribution < 1.29 is 14.4 Å². The molecule has 0 saturated carbocycles. The van der Waals surface area contributed by atoms with Crippen molar-refractivity contribution in [1.29, 1.82) is 0 Å². The lowest BCUT2D eigenvalue weighted by Crippen LogP contribution is -2.27. The summed E-state index contributed by atoms with van der Waals surface area (Å²) in [4.78, 5) is 42.6. The number of aryl methyl sites for hydroxylation is 2. The summed E-state index contributed by atoms with van der Waals surface area (Å²) in [7, 11) is 0. The lowest BCUT2D eigenvalue weighted by atomic mass is 9.69. The Morgan fingerprint density at radius 1 is 0.655 bits per heavy atom. The van der Waals surface area contributed by atoms with Crippen molar-refractivity contribution in [1.82, 2.24) is 0 Å². The Kier molecular flexibility index (Phi) is 8.17. The van der Waals surface area contributed by atoms with Crippen LogP contribution in [0.4, 0.5) is 11.4 Å². The fraction of sp³-hybridized carbons (Fsp3) is 0.180. The number of rotatable bonds is 5. The second-order valence-corrected chi connectivity index (χ2v) is 15.1. The highest BCUT2D eigenvalue weighted by Gasteiger charge is 2.53. The van der Waals surface area contributed by atoms with Crippen LogP contribution in [0.15, 0.2) is 121 Å². The molecular formula is C50H40N2O3. The molecule has 268 valence electrons. The molecule has 2 N–H and O–H groups in total.